The van der Waals surface area contributed by atoms with E-state index < -0.39 is 17.4 Å². The van der Waals surface area contributed by atoms with Crippen LogP contribution in [0, 0.1) is 12.3 Å². The number of nitrogens with zero attached hydrogens (tertiary/aromatic N) is 2. The maximum Gasteiger partial charge on any atom is 0.323 e. The zero-order valence-electron chi connectivity index (χ0n) is 13.0. The first-order valence-corrected chi connectivity index (χ1v) is 6.69. The fourth-order valence-corrected chi connectivity index (χ4v) is 2.99. The van der Waals surface area contributed by atoms with Gasteiger partial charge in [-0.15, -0.1) is 0 Å². The number of pyridine rings is 1. The Morgan fingerprint density at radius 3 is 2.24 bits per heavy atom. The summed E-state index contributed by atoms with van der Waals surface area (Å²) >= 11 is 0. The first-order chi connectivity index (χ1) is 9.87. The molecular weight excluding hydrogens is 272 g/mol. The molecule has 0 fully saturated rings. The third kappa shape index (κ3) is 2.24. The number of hydrogen-bond acceptors (Lipinski definition) is 6. The van der Waals surface area contributed by atoms with E-state index >= 15 is 0 Å². The van der Waals surface area contributed by atoms with Crippen LogP contribution < -0.4 is 4.90 Å². The van der Waals surface area contributed by atoms with Crippen LogP contribution in [0.5, 0.6) is 0 Å². The molecule has 1 heterocycles. The lowest BCUT2D eigenvalue weighted by Crippen LogP contribution is -2.42. The molecule has 2 rings (SSSR count). The van der Waals surface area contributed by atoms with Crippen molar-refractivity contribution in [1.29, 1.82) is 0 Å². The molecule has 114 valence electrons. The van der Waals surface area contributed by atoms with Crippen LogP contribution in [-0.4, -0.2) is 45.2 Å². The van der Waals surface area contributed by atoms with Gasteiger partial charge in [0, 0.05) is 33.1 Å². The molecule has 0 amide bonds. The van der Waals surface area contributed by atoms with Crippen LogP contribution in [-0.2, 0) is 31.9 Å². The highest BCUT2D eigenvalue weighted by atomic mass is 16.5. The second-order valence-corrected chi connectivity index (χ2v) is 5.52. The molecule has 1 aliphatic rings. The molecule has 1 aromatic heterocycles. The molecule has 0 aromatic carbocycles. The van der Waals surface area contributed by atoms with Crippen molar-refractivity contribution in [2.75, 3.05) is 33.2 Å². The van der Waals surface area contributed by atoms with Crippen LogP contribution in [0.3, 0.4) is 0 Å². The largest absolute Gasteiger partial charge is 0.468 e. The zero-order chi connectivity index (χ0) is 15.8. The SMILES string of the molecule is COC(=O)C1(C(=O)OC)Cc2cnc(N(C)C)c(C)c2C1. The predicted molar refractivity (Wildman–Crippen MR) is 77.2 cm³/mol. The minimum absolute atomic E-state index is 0.267. The number of hydrogen-bond donors (Lipinski definition) is 0. The molecule has 0 saturated carbocycles. The van der Waals surface area contributed by atoms with Gasteiger partial charge in [-0.1, -0.05) is 0 Å². The van der Waals surface area contributed by atoms with E-state index in [1.165, 1.54) is 14.2 Å². The summed E-state index contributed by atoms with van der Waals surface area (Å²) in [6, 6.07) is 0. The minimum atomic E-state index is -1.29. The summed E-state index contributed by atoms with van der Waals surface area (Å²) < 4.78 is 9.68. The van der Waals surface area contributed by atoms with Gasteiger partial charge in [-0.25, -0.2) is 4.98 Å². The van der Waals surface area contributed by atoms with Crippen LogP contribution in [0.4, 0.5) is 5.82 Å². The Kier molecular flexibility index (Phi) is 3.89. The van der Waals surface area contributed by atoms with E-state index in [-0.39, 0.29) is 12.8 Å². The molecule has 0 atom stereocenters. The van der Waals surface area contributed by atoms with Crippen molar-refractivity contribution in [2.45, 2.75) is 19.8 Å². The normalized spacial score (nSPS) is 15.3. The maximum absolute atomic E-state index is 12.2. The molecule has 0 aliphatic heterocycles. The van der Waals surface area contributed by atoms with Gasteiger partial charge in [-0.05, 0) is 23.6 Å². The molecule has 6 heteroatoms. The van der Waals surface area contributed by atoms with E-state index in [2.05, 4.69) is 4.98 Å². The third-order valence-corrected chi connectivity index (χ3v) is 4.07. The molecule has 0 saturated heterocycles. The van der Waals surface area contributed by atoms with Gasteiger partial charge >= 0.3 is 11.9 Å². The number of rotatable bonds is 3. The Labute approximate surface area is 124 Å². The summed E-state index contributed by atoms with van der Waals surface area (Å²) in [5.74, 6) is -0.285. The lowest BCUT2D eigenvalue weighted by molar-refractivity contribution is -0.168. The number of aromatic nitrogens is 1. The molecule has 1 aliphatic carbocycles. The zero-order valence-corrected chi connectivity index (χ0v) is 13.0. The molecular formula is C15H20N2O4. The molecule has 0 bridgehead atoms. The highest BCUT2D eigenvalue weighted by Crippen LogP contribution is 2.41. The average Bonchev–Trinajstić information content (AvgIpc) is 2.87. The van der Waals surface area contributed by atoms with Gasteiger partial charge in [0.05, 0.1) is 14.2 Å². The third-order valence-electron chi connectivity index (χ3n) is 4.07. The van der Waals surface area contributed by atoms with E-state index in [4.69, 9.17) is 9.47 Å². The standard InChI is InChI=1S/C15H20N2O4/c1-9-11-7-15(13(18)20-4,14(19)21-5)6-10(11)8-16-12(9)17(2)3/h8H,6-7H2,1-5H3. The highest BCUT2D eigenvalue weighted by Gasteiger charge is 2.53. The van der Waals surface area contributed by atoms with E-state index in [0.29, 0.717) is 0 Å². The summed E-state index contributed by atoms with van der Waals surface area (Å²) in [7, 11) is 6.38. The van der Waals surface area contributed by atoms with Crippen molar-refractivity contribution >= 4 is 17.8 Å². The summed E-state index contributed by atoms with van der Waals surface area (Å²) in [6.45, 7) is 1.95. The number of carbonyl (C=O) groups excluding carboxylic acids is 2. The second-order valence-electron chi connectivity index (χ2n) is 5.52. The first-order valence-electron chi connectivity index (χ1n) is 6.69. The molecule has 1 aromatic rings. The van der Waals surface area contributed by atoms with Gasteiger partial charge in [-0.2, -0.15) is 0 Å². The molecule has 0 spiro atoms. The fraction of sp³-hybridized carbons (Fsp3) is 0.533. The Morgan fingerprint density at radius 2 is 1.76 bits per heavy atom. The number of methoxy groups -OCH3 is 2. The van der Waals surface area contributed by atoms with E-state index in [1.807, 2.05) is 25.9 Å². The Balaban J connectivity index is 2.51. The lowest BCUT2D eigenvalue weighted by Gasteiger charge is -2.22. The van der Waals surface area contributed by atoms with Gasteiger partial charge in [0.1, 0.15) is 5.82 Å². The minimum Gasteiger partial charge on any atom is -0.468 e. The van der Waals surface area contributed by atoms with Crippen molar-refractivity contribution in [2.24, 2.45) is 5.41 Å². The van der Waals surface area contributed by atoms with Crippen molar-refractivity contribution in [3.05, 3.63) is 22.9 Å². The van der Waals surface area contributed by atoms with E-state index in [1.54, 1.807) is 6.20 Å². The number of esters is 2. The fourth-order valence-electron chi connectivity index (χ4n) is 2.99. The second kappa shape index (κ2) is 5.35. The van der Waals surface area contributed by atoms with Crippen LogP contribution >= 0.6 is 0 Å². The van der Waals surface area contributed by atoms with Crippen molar-refractivity contribution in [3.8, 4) is 0 Å². The van der Waals surface area contributed by atoms with Crippen molar-refractivity contribution < 1.29 is 19.1 Å². The van der Waals surface area contributed by atoms with Crippen LogP contribution in [0.1, 0.15) is 16.7 Å². The van der Waals surface area contributed by atoms with Crippen LogP contribution in [0.15, 0.2) is 6.20 Å². The van der Waals surface area contributed by atoms with Crippen LogP contribution in [0.2, 0.25) is 0 Å². The highest BCUT2D eigenvalue weighted by molar-refractivity contribution is 6.01. The Morgan fingerprint density at radius 1 is 1.19 bits per heavy atom. The van der Waals surface area contributed by atoms with Crippen molar-refractivity contribution in [3.63, 3.8) is 0 Å². The van der Waals surface area contributed by atoms with Gasteiger partial charge < -0.3 is 14.4 Å². The Hall–Kier alpha value is -2.11. The molecule has 6 nitrogen and oxygen atoms in total. The lowest BCUT2D eigenvalue weighted by atomic mass is 9.84. The summed E-state index contributed by atoms with van der Waals surface area (Å²) in [5, 5.41) is 0. The smallest absolute Gasteiger partial charge is 0.323 e. The molecule has 0 unspecified atom stereocenters. The number of fused-ring (bicyclic) bond motifs is 1. The topological polar surface area (TPSA) is 68.7 Å². The summed E-state index contributed by atoms with van der Waals surface area (Å²) in [4.78, 5) is 30.7. The summed E-state index contributed by atoms with van der Waals surface area (Å²) in [5.41, 5.74) is 1.56. The summed E-state index contributed by atoms with van der Waals surface area (Å²) in [6.07, 6.45) is 2.28. The monoisotopic (exact) mass is 292 g/mol. The number of ether oxygens (including phenoxy) is 2. The van der Waals surface area contributed by atoms with Crippen molar-refractivity contribution in [1.82, 2.24) is 4.98 Å². The number of carbonyl (C=O) groups is 2. The van der Waals surface area contributed by atoms with Gasteiger partial charge in [0.15, 0.2) is 5.41 Å². The van der Waals surface area contributed by atoms with Gasteiger partial charge in [0.25, 0.3) is 0 Å². The first kappa shape index (κ1) is 15.3. The average molecular weight is 292 g/mol. The Bertz CT molecular complexity index is 580. The van der Waals surface area contributed by atoms with E-state index in [9.17, 15) is 9.59 Å². The maximum atomic E-state index is 12.2. The molecule has 21 heavy (non-hydrogen) atoms. The molecule has 0 radical (unpaired) electrons. The van der Waals surface area contributed by atoms with Gasteiger partial charge in [-0.3, -0.25) is 9.59 Å². The quantitative estimate of drug-likeness (QED) is 0.609. The number of anilines is 1. The van der Waals surface area contributed by atoms with E-state index in [0.717, 1.165) is 22.5 Å². The van der Waals surface area contributed by atoms with Crippen LogP contribution in [0.25, 0.3) is 0 Å². The van der Waals surface area contributed by atoms with Gasteiger partial charge in [0.2, 0.25) is 0 Å². The molecule has 0 N–H and O–H groups in total. The predicted octanol–water partition coefficient (Wildman–Crippen LogP) is 0.887.